The van der Waals surface area contributed by atoms with E-state index in [0.29, 0.717) is 12.2 Å². The van der Waals surface area contributed by atoms with Gasteiger partial charge >= 0.3 is 11.9 Å². The average molecular weight is 172 g/mol. The number of hydrogen-bond donors (Lipinski definition) is 2. The fourth-order valence-corrected chi connectivity index (χ4v) is 0.143. The van der Waals surface area contributed by atoms with Crippen molar-refractivity contribution in [2.24, 2.45) is 0 Å². The quantitative estimate of drug-likeness (QED) is 0.486. The average Bonchev–Trinajstić information content (AvgIpc) is 1.82. The van der Waals surface area contributed by atoms with Gasteiger partial charge in [-0.2, -0.15) is 0 Å². The third kappa shape index (κ3) is 39.6. The summed E-state index contributed by atoms with van der Waals surface area (Å²) < 4.78 is 0. The van der Waals surface area contributed by atoms with Crippen LogP contribution in [0.3, 0.4) is 0 Å². The summed E-state index contributed by atoms with van der Waals surface area (Å²) in [5.74, 6) is -2.51. The molecule has 4 heteroatoms. The first-order valence-electron chi connectivity index (χ1n) is 3.12. The first-order valence-corrected chi connectivity index (χ1v) is 3.12. The zero-order valence-corrected chi connectivity index (χ0v) is 7.07. The van der Waals surface area contributed by atoms with Gasteiger partial charge in [0.25, 0.3) is 0 Å². The van der Waals surface area contributed by atoms with E-state index in [4.69, 9.17) is 10.2 Å². The Labute approximate surface area is 70.8 Å². The van der Waals surface area contributed by atoms with Crippen LogP contribution in [0.4, 0.5) is 0 Å². The summed E-state index contributed by atoms with van der Waals surface area (Å²) in [7, 11) is 0. The van der Waals surface area contributed by atoms with Crippen LogP contribution in [0, 0.1) is 0 Å². The second-order valence-electron chi connectivity index (χ2n) is 2.22. The molecule has 2 N–H and O–H groups in total. The predicted molar refractivity (Wildman–Crippen MR) is 44.9 cm³/mol. The summed E-state index contributed by atoms with van der Waals surface area (Å²) in [6.07, 6.45) is 1.12. The molecule has 0 bridgehead atoms. The lowest BCUT2D eigenvalue weighted by molar-refractivity contribution is -0.134. The molecule has 0 spiro atoms. The summed E-state index contributed by atoms with van der Waals surface area (Å²) >= 11 is 0. The Kier molecular flexibility index (Phi) is 8.18. The molecule has 4 nitrogen and oxygen atoms in total. The molecule has 12 heavy (non-hydrogen) atoms. The highest BCUT2D eigenvalue weighted by Gasteiger charge is 1.88. The normalized spacial score (nSPS) is 8.50. The molecule has 68 valence electrons. The van der Waals surface area contributed by atoms with Gasteiger partial charge in [-0.1, -0.05) is 5.57 Å². The largest absolute Gasteiger partial charge is 0.478 e. The Morgan fingerprint density at radius 3 is 1.33 bits per heavy atom. The van der Waals surface area contributed by atoms with Crippen molar-refractivity contribution in [2.75, 3.05) is 0 Å². The maximum atomic E-state index is 9.55. The van der Waals surface area contributed by atoms with E-state index in [-0.39, 0.29) is 0 Å². The second-order valence-corrected chi connectivity index (χ2v) is 2.22. The highest BCUT2D eigenvalue weighted by atomic mass is 16.4. The van der Waals surface area contributed by atoms with Crippen LogP contribution in [0.15, 0.2) is 24.3 Å². The maximum absolute atomic E-state index is 9.55. The minimum atomic E-state index is -1.26. The molecular weight excluding hydrogens is 160 g/mol. The highest BCUT2D eigenvalue weighted by molar-refractivity contribution is 5.89. The topological polar surface area (TPSA) is 74.6 Å². The van der Waals surface area contributed by atoms with Crippen molar-refractivity contribution in [3.8, 4) is 0 Å². The molecular formula is C8H12O4. The van der Waals surface area contributed by atoms with Crippen LogP contribution in [0.2, 0.25) is 0 Å². The molecule has 0 unspecified atom stereocenters. The molecule has 0 aromatic heterocycles. The van der Waals surface area contributed by atoms with Crippen LogP contribution in [-0.4, -0.2) is 22.2 Å². The van der Waals surface area contributed by atoms with E-state index in [2.05, 4.69) is 6.58 Å². The minimum Gasteiger partial charge on any atom is -0.478 e. The van der Waals surface area contributed by atoms with Crippen LogP contribution >= 0.6 is 0 Å². The highest BCUT2D eigenvalue weighted by Crippen LogP contribution is 1.73. The van der Waals surface area contributed by atoms with Crippen molar-refractivity contribution in [3.05, 3.63) is 24.3 Å². The Balaban J connectivity index is 0. The number of carboxylic acids is 2. The Hall–Kier alpha value is -1.58. The summed E-state index contributed by atoms with van der Waals surface area (Å²) in [6, 6.07) is 0. The predicted octanol–water partition coefficient (Wildman–Crippen LogP) is 1.29. The fourth-order valence-electron chi connectivity index (χ4n) is 0.143. The first-order chi connectivity index (χ1) is 5.36. The monoisotopic (exact) mass is 172 g/mol. The molecule has 0 fully saturated rings. The maximum Gasteiger partial charge on any atom is 0.328 e. The number of aliphatic carboxylic acids is 2. The van der Waals surface area contributed by atoms with Gasteiger partial charge in [-0.3, -0.25) is 0 Å². The van der Waals surface area contributed by atoms with Crippen molar-refractivity contribution in [3.63, 3.8) is 0 Å². The fraction of sp³-hybridized carbons (Fsp3) is 0.250. The zero-order valence-electron chi connectivity index (χ0n) is 7.07. The summed E-state index contributed by atoms with van der Waals surface area (Å²) in [5, 5.41) is 15.6. The van der Waals surface area contributed by atoms with Gasteiger partial charge in [0.1, 0.15) is 0 Å². The SMILES string of the molecule is C=C(C)C.O=C(O)/C=C\C(=O)O. The van der Waals surface area contributed by atoms with Crippen LogP contribution in [0.5, 0.6) is 0 Å². The molecule has 0 atom stereocenters. The first kappa shape index (κ1) is 13.0. The molecule has 0 heterocycles. The molecule has 0 aliphatic rings. The molecule has 0 amide bonds. The second kappa shape index (κ2) is 7.53. The van der Waals surface area contributed by atoms with Crippen LogP contribution in [-0.2, 0) is 9.59 Å². The molecule has 0 aromatic rings. The standard InChI is InChI=1S/C4H4O4.C4H8/c5-3(6)1-2-4(7)8;1-4(2)3/h1-2H,(H,5,6)(H,7,8);1H2,2-3H3/b2-1-;. The van der Waals surface area contributed by atoms with Crippen molar-refractivity contribution < 1.29 is 19.8 Å². The van der Waals surface area contributed by atoms with Crippen molar-refractivity contribution in [1.29, 1.82) is 0 Å². The van der Waals surface area contributed by atoms with Crippen LogP contribution < -0.4 is 0 Å². The number of allylic oxidation sites excluding steroid dienone is 1. The Bertz CT molecular complexity index is 183. The Morgan fingerprint density at radius 1 is 1.08 bits per heavy atom. The summed E-state index contributed by atoms with van der Waals surface area (Å²) in [6.45, 7) is 7.50. The van der Waals surface area contributed by atoms with Gasteiger partial charge in [0.05, 0.1) is 0 Å². The lowest BCUT2D eigenvalue weighted by Gasteiger charge is -1.74. The molecule has 0 aromatic carbocycles. The van der Waals surface area contributed by atoms with Crippen LogP contribution in [0.1, 0.15) is 13.8 Å². The number of hydrogen-bond acceptors (Lipinski definition) is 2. The van der Waals surface area contributed by atoms with Gasteiger partial charge in [0.2, 0.25) is 0 Å². The molecule has 0 aliphatic carbocycles. The van der Waals surface area contributed by atoms with Gasteiger partial charge < -0.3 is 10.2 Å². The molecule has 0 rings (SSSR count). The minimum absolute atomic E-state index is 0.558. The van der Waals surface area contributed by atoms with Crippen molar-refractivity contribution >= 4 is 11.9 Å². The lowest BCUT2D eigenvalue weighted by Crippen LogP contribution is -1.91. The number of rotatable bonds is 2. The Morgan fingerprint density at radius 2 is 1.25 bits per heavy atom. The van der Waals surface area contributed by atoms with Crippen molar-refractivity contribution in [1.82, 2.24) is 0 Å². The third-order valence-corrected chi connectivity index (χ3v) is 0.368. The van der Waals surface area contributed by atoms with Crippen LogP contribution in [0.25, 0.3) is 0 Å². The van der Waals surface area contributed by atoms with E-state index < -0.39 is 11.9 Å². The number of carboxylic acid groups (broad SMARTS) is 2. The van der Waals surface area contributed by atoms with E-state index in [9.17, 15) is 9.59 Å². The van der Waals surface area contributed by atoms with Gasteiger partial charge in [-0.05, 0) is 13.8 Å². The smallest absolute Gasteiger partial charge is 0.328 e. The molecule has 0 aliphatic heterocycles. The number of carbonyl (C=O) groups is 2. The van der Waals surface area contributed by atoms with Gasteiger partial charge in [0.15, 0.2) is 0 Å². The van der Waals surface area contributed by atoms with E-state index in [1.165, 1.54) is 5.57 Å². The third-order valence-electron chi connectivity index (χ3n) is 0.368. The molecule has 0 saturated heterocycles. The molecule has 0 radical (unpaired) electrons. The van der Waals surface area contributed by atoms with E-state index in [0.717, 1.165) is 0 Å². The van der Waals surface area contributed by atoms with Crippen molar-refractivity contribution in [2.45, 2.75) is 13.8 Å². The zero-order chi connectivity index (χ0) is 10.1. The molecule has 0 saturated carbocycles. The van der Waals surface area contributed by atoms with E-state index in [1.807, 2.05) is 13.8 Å². The van der Waals surface area contributed by atoms with Gasteiger partial charge in [0, 0.05) is 12.2 Å². The summed E-state index contributed by atoms with van der Waals surface area (Å²) in [5.41, 5.74) is 1.17. The van der Waals surface area contributed by atoms with Gasteiger partial charge in [-0.25, -0.2) is 9.59 Å². The lowest BCUT2D eigenvalue weighted by atomic mass is 10.4. The van der Waals surface area contributed by atoms with E-state index >= 15 is 0 Å². The summed E-state index contributed by atoms with van der Waals surface area (Å²) in [4.78, 5) is 19.1. The van der Waals surface area contributed by atoms with Gasteiger partial charge in [-0.15, -0.1) is 6.58 Å². The van der Waals surface area contributed by atoms with E-state index in [1.54, 1.807) is 0 Å².